The van der Waals surface area contributed by atoms with Gasteiger partial charge in [-0.1, -0.05) is 152 Å². The van der Waals surface area contributed by atoms with Crippen LogP contribution in [0, 0.1) is 0 Å². The average Bonchev–Trinajstić information content (AvgIpc) is 3.60. The molecule has 3 nitrogen and oxygen atoms in total. The molecule has 0 amide bonds. The normalized spacial score (nSPS) is 11.5. The molecule has 0 aliphatic carbocycles. The molecule has 0 atom stereocenters. The van der Waals surface area contributed by atoms with Crippen molar-refractivity contribution < 1.29 is 0 Å². The third-order valence-corrected chi connectivity index (χ3v) is 10.0. The molecule has 0 aliphatic rings. The molecule has 238 valence electrons. The Morgan fingerprint density at radius 3 is 1.63 bits per heavy atom. The van der Waals surface area contributed by atoms with Gasteiger partial charge < -0.3 is 0 Å². The van der Waals surface area contributed by atoms with Crippen LogP contribution in [-0.4, -0.2) is 14.5 Å². The quantitative estimate of drug-likeness (QED) is 0.174. The van der Waals surface area contributed by atoms with Crippen molar-refractivity contribution >= 4 is 43.5 Å². The van der Waals surface area contributed by atoms with Crippen molar-refractivity contribution in [2.75, 3.05) is 0 Å². The highest BCUT2D eigenvalue weighted by Gasteiger charge is 2.21. The molecule has 0 unspecified atom stereocenters. The third-order valence-electron chi connectivity index (χ3n) is 10.0. The largest absolute Gasteiger partial charge is 0.277 e. The van der Waals surface area contributed by atoms with Gasteiger partial charge in [-0.25, -0.2) is 9.97 Å². The maximum Gasteiger partial charge on any atom is 0.165 e. The lowest BCUT2D eigenvalue weighted by Crippen LogP contribution is -1.99. The van der Waals surface area contributed by atoms with E-state index in [-0.39, 0.29) is 0 Å². The molecule has 0 N–H and O–H groups in total. The minimum absolute atomic E-state index is 0.832. The van der Waals surface area contributed by atoms with Crippen molar-refractivity contribution in [1.82, 2.24) is 14.5 Å². The van der Waals surface area contributed by atoms with Gasteiger partial charge in [-0.15, -0.1) is 0 Å². The second-order valence-electron chi connectivity index (χ2n) is 13.0. The molecule has 2 heterocycles. The number of benzene rings is 8. The summed E-state index contributed by atoms with van der Waals surface area (Å²) in [6.45, 7) is 0. The Balaban J connectivity index is 1.22. The molecule has 0 radical (unpaired) electrons. The standard InChI is InChI=1S/C48H31N3/c1-3-15-33(16-4-1)39-28-29-49-48-46(39)50-47(51(48)38-20-5-2-6-21-38)37-19-13-18-35(31-37)44-40-22-9-11-24-42(40)45(43-25-12-10-23-41(43)44)36-27-26-32-14-7-8-17-34(32)30-36/h1-31H. The van der Waals surface area contributed by atoms with Gasteiger partial charge in [0.25, 0.3) is 0 Å². The smallest absolute Gasteiger partial charge is 0.165 e. The number of pyridine rings is 1. The van der Waals surface area contributed by atoms with Gasteiger partial charge in [0.15, 0.2) is 5.65 Å². The maximum atomic E-state index is 5.37. The summed E-state index contributed by atoms with van der Waals surface area (Å²) >= 11 is 0. The summed E-state index contributed by atoms with van der Waals surface area (Å²) in [5, 5.41) is 7.41. The minimum Gasteiger partial charge on any atom is -0.277 e. The molecular weight excluding hydrogens is 619 g/mol. The minimum atomic E-state index is 0.832. The Morgan fingerprint density at radius 1 is 0.392 bits per heavy atom. The van der Waals surface area contributed by atoms with Crippen molar-refractivity contribution in [3.05, 3.63) is 188 Å². The molecule has 8 aromatic carbocycles. The molecule has 51 heavy (non-hydrogen) atoms. The van der Waals surface area contributed by atoms with Gasteiger partial charge >= 0.3 is 0 Å². The summed E-state index contributed by atoms with van der Waals surface area (Å²) in [6, 6.07) is 64.9. The van der Waals surface area contributed by atoms with E-state index in [0.717, 1.165) is 44.9 Å². The molecule has 0 bridgehead atoms. The first-order valence-corrected chi connectivity index (χ1v) is 17.3. The van der Waals surface area contributed by atoms with E-state index in [1.54, 1.807) is 0 Å². The predicted molar refractivity (Wildman–Crippen MR) is 213 cm³/mol. The van der Waals surface area contributed by atoms with E-state index in [4.69, 9.17) is 9.97 Å². The highest BCUT2D eigenvalue weighted by Crippen LogP contribution is 2.45. The number of fused-ring (bicyclic) bond motifs is 4. The van der Waals surface area contributed by atoms with Gasteiger partial charge in [0.2, 0.25) is 0 Å². The molecule has 0 spiro atoms. The van der Waals surface area contributed by atoms with Crippen LogP contribution in [0.1, 0.15) is 0 Å². The van der Waals surface area contributed by atoms with Crippen molar-refractivity contribution in [3.8, 4) is 50.5 Å². The molecule has 0 saturated heterocycles. The van der Waals surface area contributed by atoms with E-state index in [1.165, 1.54) is 49.0 Å². The lowest BCUT2D eigenvalue weighted by atomic mass is 9.85. The SMILES string of the molecule is c1ccc(-c2ccnc3c2nc(-c2cccc(-c4c5ccccc5c(-c5ccc6ccccc6c5)c5ccccc45)c2)n3-c2ccccc2)cc1. The summed E-state index contributed by atoms with van der Waals surface area (Å²) in [5.41, 5.74) is 10.8. The number of hydrogen-bond donors (Lipinski definition) is 0. The Kier molecular flexibility index (Phi) is 6.81. The van der Waals surface area contributed by atoms with Gasteiger partial charge in [0, 0.05) is 23.0 Å². The fraction of sp³-hybridized carbons (Fsp3) is 0. The zero-order chi connectivity index (χ0) is 33.7. The van der Waals surface area contributed by atoms with Crippen molar-refractivity contribution in [2.24, 2.45) is 0 Å². The van der Waals surface area contributed by atoms with E-state index in [1.807, 2.05) is 18.3 Å². The summed E-state index contributed by atoms with van der Waals surface area (Å²) in [6.07, 6.45) is 1.89. The zero-order valence-corrected chi connectivity index (χ0v) is 27.7. The highest BCUT2D eigenvalue weighted by molar-refractivity contribution is 6.21. The topological polar surface area (TPSA) is 30.7 Å². The number of imidazole rings is 1. The van der Waals surface area contributed by atoms with Gasteiger partial charge in [-0.3, -0.25) is 4.57 Å². The molecule has 2 aromatic heterocycles. The van der Waals surface area contributed by atoms with Crippen molar-refractivity contribution in [3.63, 3.8) is 0 Å². The maximum absolute atomic E-state index is 5.37. The molecule has 10 rings (SSSR count). The fourth-order valence-electron chi connectivity index (χ4n) is 7.75. The summed E-state index contributed by atoms with van der Waals surface area (Å²) in [7, 11) is 0. The summed E-state index contributed by atoms with van der Waals surface area (Å²) in [5.74, 6) is 0.857. The van der Waals surface area contributed by atoms with Crippen LogP contribution in [0.15, 0.2) is 188 Å². The van der Waals surface area contributed by atoms with Gasteiger partial charge in [0.1, 0.15) is 11.3 Å². The number of aromatic nitrogens is 3. The van der Waals surface area contributed by atoms with Crippen LogP contribution in [0.3, 0.4) is 0 Å². The lowest BCUT2D eigenvalue weighted by Gasteiger charge is -2.18. The van der Waals surface area contributed by atoms with E-state index >= 15 is 0 Å². The van der Waals surface area contributed by atoms with E-state index in [2.05, 4.69) is 174 Å². The average molecular weight is 650 g/mol. The molecule has 0 saturated carbocycles. The Labute approximate surface area is 295 Å². The van der Waals surface area contributed by atoms with Crippen LogP contribution < -0.4 is 0 Å². The first-order valence-electron chi connectivity index (χ1n) is 17.3. The first-order chi connectivity index (χ1) is 25.3. The molecule has 10 aromatic rings. The highest BCUT2D eigenvalue weighted by atomic mass is 15.1. The van der Waals surface area contributed by atoms with Crippen molar-refractivity contribution in [2.45, 2.75) is 0 Å². The number of hydrogen-bond acceptors (Lipinski definition) is 2. The van der Waals surface area contributed by atoms with Gasteiger partial charge in [0.05, 0.1) is 0 Å². The molecule has 3 heteroatoms. The number of nitrogens with zero attached hydrogens (tertiary/aromatic N) is 3. The Hall–Kier alpha value is -6.84. The van der Waals surface area contributed by atoms with E-state index < -0.39 is 0 Å². The number of para-hydroxylation sites is 1. The second kappa shape index (κ2) is 11.9. The van der Waals surface area contributed by atoms with E-state index in [0.29, 0.717) is 0 Å². The van der Waals surface area contributed by atoms with E-state index in [9.17, 15) is 0 Å². The summed E-state index contributed by atoms with van der Waals surface area (Å²) in [4.78, 5) is 10.3. The van der Waals surface area contributed by atoms with Crippen LogP contribution in [0.25, 0.3) is 93.9 Å². The molecule has 0 aliphatic heterocycles. The third kappa shape index (κ3) is 4.82. The lowest BCUT2D eigenvalue weighted by molar-refractivity contribution is 1.08. The molecular formula is C48H31N3. The first kappa shape index (κ1) is 29.1. The second-order valence-corrected chi connectivity index (χ2v) is 13.0. The Bertz CT molecular complexity index is 2850. The Morgan fingerprint density at radius 2 is 0.941 bits per heavy atom. The van der Waals surface area contributed by atoms with Crippen LogP contribution >= 0.6 is 0 Å². The van der Waals surface area contributed by atoms with Gasteiger partial charge in [-0.05, 0) is 90.5 Å². The van der Waals surface area contributed by atoms with Crippen molar-refractivity contribution in [1.29, 1.82) is 0 Å². The predicted octanol–water partition coefficient (Wildman–Crippen LogP) is 12.5. The van der Waals surface area contributed by atoms with Crippen LogP contribution in [0.4, 0.5) is 0 Å². The summed E-state index contributed by atoms with van der Waals surface area (Å²) < 4.78 is 2.19. The van der Waals surface area contributed by atoms with Gasteiger partial charge in [-0.2, -0.15) is 0 Å². The van der Waals surface area contributed by atoms with Crippen LogP contribution in [0.5, 0.6) is 0 Å². The zero-order valence-electron chi connectivity index (χ0n) is 27.7. The van der Waals surface area contributed by atoms with Crippen LogP contribution in [0.2, 0.25) is 0 Å². The van der Waals surface area contributed by atoms with Crippen LogP contribution in [-0.2, 0) is 0 Å². The molecule has 0 fully saturated rings. The number of rotatable bonds is 5. The monoisotopic (exact) mass is 649 g/mol. The fourth-order valence-corrected chi connectivity index (χ4v) is 7.75.